The van der Waals surface area contributed by atoms with Crippen LogP contribution in [0, 0.1) is 5.82 Å². The highest BCUT2D eigenvalue weighted by atomic mass is 19.1. The largest absolute Gasteiger partial charge is 0.330 e. The zero-order valence-electron chi connectivity index (χ0n) is 13.6. The Morgan fingerprint density at radius 1 is 0.857 bits per heavy atom. The van der Waals surface area contributed by atoms with Crippen LogP contribution in [0.5, 0.6) is 0 Å². The van der Waals surface area contributed by atoms with E-state index >= 15 is 0 Å². The molecule has 0 bridgehead atoms. The highest BCUT2D eigenvalue weighted by Crippen LogP contribution is 2.08. The zero-order valence-corrected chi connectivity index (χ0v) is 13.6. The van der Waals surface area contributed by atoms with Crippen molar-refractivity contribution in [1.82, 2.24) is 0 Å². The van der Waals surface area contributed by atoms with Gasteiger partial charge < -0.3 is 11.5 Å². The van der Waals surface area contributed by atoms with Crippen LogP contribution in [-0.2, 0) is 6.54 Å². The second-order valence-corrected chi connectivity index (χ2v) is 5.45. The molecule has 0 aliphatic heterocycles. The first kappa shape index (κ1) is 20.1. The topological polar surface area (TPSA) is 52.0 Å². The molecule has 122 valence electrons. The van der Waals surface area contributed by atoms with Gasteiger partial charge in [0, 0.05) is 6.54 Å². The summed E-state index contributed by atoms with van der Waals surface area (Å²) in [6, 6.07) is 6.28. The van der Waals surface area contributed by atoms with Gasteiger partial charge in [-0.2, -0.15) is 0 Å². The van der Waals surface area contributed by atoms with Gasteiger partial charge in [-0.1, -0.05) is 70.4 Å². The Balaban J connectivity index is 0.000000394. The van der Waals surface area contributed by atoms with Crippen molar-refractivity contribution in [3.05, 3.63) is 35.6 Å². The zero-order chi connectivity index (χ0) is 15.8. The number of hydrogen-bond donors (Lipinski definition) is 2. The fourth-order valence-electron chi connectivity index (χ4n) is 2.12. The molecule has 0 unspecified atom stereocenters. The number of hydrogen-bond acceptors (Lipinski definition) is 2. The average Bonchev–Trinajstić information content (AvgIpc) is 2.50. The first-order valence-corrected chi connectivity index (χ1v) is 8.39. The number of unbranched alkanes of at least 4 members (excludes halogenated alkanes) is 8. The lowest BCUT2D eigenvalue weighted by Crippen LogP contribution is -1.97. The molecule has 3 heteroatoms. The third kappa shape index (κ3) is 13.8. The van der Waals surface area contributed by atoms with Gasteiger partial charge in [0.25, 0.3) is 0 Å². The van der Waals surface area contributed by atoms with E-state index in [-0.39, 0.29) is 5.82 Å². The molecule has 1 rings (SSSR count). The Morgan fingerprint density at radius 2 is 1.43 bits per heavy atom. The Morgan fingerprint density at radius 3 is 1.86 bits per heavy atom. The second-order valence-electron chi connectivity index (χ2n) is 5.45. The lowest BCUT2D eigenvalue weighted by molar-refractivity contribution is 0.567. The highest BCUT2D eigenvalue weighted by molar-refractivity contribution is 5.15. The summed E-state index contributed by atoms with van der Waals surface area (Å²) < 4.78 is 12.3. The van der Waals surface area contributed by atoms with Crippen LogP contribution in [-0.4, -0.2) is 6.54 Å². The minimum atomic E-state index is -0.224. The monoisotopic (exact) mass is 296 g/mol. The van der Waals surface area contributed by atoms with E-state index < -0.39 is 0 Å². The summed E-state index contributed by atoms with van der Waals surface area (Å²) in [5, 5.41) is 0. The van der Waals surface area contributed by atoms with E-state index in [1.165, 1.54) is 69.9 Å². The molecule has 0 spiro atoms. The van der Waals surface area contributed by atoms with Crippen molar-refractivity contribution in [1.29, 1.82) is 0 Å². The Hall–Kier alpha value is -0.930. The maximum Gasteiger partial charge on any atom is 0.123 e. The van der Waals surface area contributed by atoms with Crippen molar-refractivity contribution in [3.8, 4) is 0 Å². The summed E-state index contributed by atoms with van der Waals surface area (Å²) >= 11 is 0. The molecule has 4 N–H and O–H groups in total. The molecule has 0 radical (unpaired) electrons. The molecule has 0 aliphatic carbocycles. The molecule has 0 saturated heterocycles. The van der Waals surface area contributed by atoms with E-state index in [4.69, 9.17) is 11.5 Å². The maximum atomic E-state index is 12.3. The third-order valence-corrected chi connectivity index (χ3v) is 3.43. The van der Waals surface area contributed by atoms with Crippen molar-refractivity contribution < 1.29 is 4.39 Å². The van der Waals surface area contributed by atoms with Crippen molar-refractivity contribution in [2.45, 2.75) is 71.3 Å². The minimum absolute atomic E-state index is 0.224. The van der Waals surface area contributed by atoms with Crippen LogP contribution in [0.25, 0.3) is 0 Å². The Kier molecular flexibility index (Phi) is 14.8. The average molecular weight is 296 g/mol. The van der Waals surface area contributed by atoms with Gasteiger partial charge in [-0.3, -0.25) is 0 Å². The van der Waals surface area contributed by atoms with Gasteiger partial charge in [-0.15, -0.1) is 0 Å². The Bertz CT molecular complexity index is 319. The predicted molar refractivity (Wildman–Crippen MR) is 90.6 cm³/mol. The summed E-state index contributed by atoms with van der Waals surface area (Å²) in [6.45, 7) is 3.54. The Labute approximate surface area is 130 Å². The summed E-state index contributed by atoms with van der Waals surface area (Å²) in [5.41, 5.74) is 11.5. The molecule has 21 heavy (non-hydrogen) atoms. The number of benzene rings is 1. The van der Waals surface area contributed by atoms with E-state index in [9.17, 15) is 4.39 Å². The fraction of sp³-hybridized carbons (Fsp3) is 0.667. The minimum Gasteiger partial charge on any atom is -0.330 e. The highest BCUT2D eigenvalue weighted by Gasteiger charge is 1.90. The van der Waals surface area contributed by atoms with Crippen LogP contribution < -0.4 is 11.5 Å². The SMILES string of the molecule is CCCCCCCCCCCN.NCc1cccc(F)c1. The van der Waals surface area contributed by atoms with Crippen molar-refractivity contribution in [3.63, 3.8) is 0 Å². The fourth-order valence-corrected chi connectivity index (χ4v) is 2.12. The van der Waals surface area contributed by atoms with Gasteiger partial charge >= 0.3 is 0 Å². The molecular formula is C18H33FN2. The number of rotatable bonds is 10. The number of nitrogens with two attached hydrogens (primary N) is 2. The third-order valence-electron chi connectivity index (χ3n) is 3.43. The molecule has 2 nitrogen and oxygen atoms in total. The normalized spacial score (nSPS) is 10.1. The molecule has 0 aromatic heterocycles. The van der Waals surface area contributed by atoms with Crippen molar-refractivity contribution in [2.75, 3.05) is 6.54 Å². The molecule has 0 amide bonds. The summed E-state index contributed by atoms with van der Waals surface area (Å²) in [6.07, 6.45) is 12.5. The van der Waals surface area contributed by atoms with Gasteiger partial charge in [0.15, 0.2) is 0 Å². The molecule has 0 aliphatic rings. The molecule has 0 atom stereocenters. The van der Waals surface area contributed by atoms with Crippen LogP contribution >= 0.6 is 0 Å². The summed E-state index contributed by atoms with van der Waals surface area (Å²) in [4.78, 5) is 0. The van der Waals surface area contributed by atoms with E-state index in [1.807, 2.05) is 0 Å². The van der Waals surface area contributed by atoms with E-state index in [0.717, 1.165) is 12.1 Å². The van der Waals surface area contributed by atoms with Gasteiger partial charge in [-0.25, -0.2) is 4.39 Å². The van der Waals surface area contributed by atoms with Crippen LogP contribution in [0.2, 0.25) is 0 Å². The summed E-state index contributed by atoms with van der Waals surface area (Å²) in [5.74, 6) is -0.224. The van der Waals surface area contributed by atoms with Gasteiger partial charge in [-0.05, 0) is 30.7 Å². The first-order chi connectivity index (χ1) is 10.2. The standard InChI is InChI=1S/C11H25N.C7H8FN/c1-2-3-4-5-6-7-8-9-10-11-12;8-7-3-1-2-6(4-7)5-9/h2-12H2,1H3;1-4H,5,9H2. The van der Waals surface area contributed by atoms with E-state index in [1.54, 1.807) is 12.1 Å². The summed E-state index contributed by atoms with van der Waals surface area (Å²) in [7, 11) is 0. The van der Waals surface area contributed by atoms with Crippen molar-refractivity contribution >= 4 is 0 Å². The van der Waals surface area contributed by atoms with Gasteiger partial charge in [0.2, 0.25) is 0 Å². The predicted octanol–water partition coefficient (Wildman–Crippen LogP) is 4.76. The second kappa shape index (κ2) is 15.5. The van der Waals surface area contributed by atoms with Gasteiger partial charge in [0.05, 0.1) is 0 Å². The van der Waals surface area contributed by atoms with Crippen LogP contribution in [0.1, 0.15) is 70.3 Å². The molecule has 1 aromatic rings. The van der Waals surface area contributed by atoms with E-state index in [0.29, 0.717) is 6.54 Å². The first-order valence-electron chi connectivity index (χ1n) is 8.39. The lowest BCUT2D eigenvalue weighted by atomic mass is 10.1. The maximum absolute atomic E-state index is 12.3. The molecule has 0 saturated carbocycles. The quantitative estimate of drug-likeness (QED) is 0.612. The molecular weight excluding hydrogens is 263 g/mol. The van der Waals surface area contributed by atoms with E-state index in [2.05, 4.69) is 6.92 Å². The smallest absolute Gasteiger partial charge is 0.123 e. The number of halogens is 1. The molecule has 0 heterocycles. The van der Waals surface area contributed by atoms with Crippen LogP contribution in [0.15, 0.2) is 24.3 Å². The lowest BCUT2D eigenvalue weighted by Gasteiger charge is -1.99. The van der Waals surface area contributed by atoms with Crippen molar-refractivity contribution in [2.24, 2.45) is 11.5 Å². The van der Waals surface area contributed by atoms with Gasteiger partial charge in [0.1, 0.15) is 5.82 Å². The molecule has 1 aromatic carbocycles. The van der Waals surface area contributed by atoms with Crippen LogP contribution in [0.4, 0.5) is 4.39 Å². The van der Waals surface area contributed by atoms with Crippen LogP contribution in [0.3, 0.4) is 0 Å². The molecule has 0 fully saturated rings.